The molecule has 4 heteroatoms. The minimum atomic E-state index is -0.712. The second-order valence-electron chi connectivity index (χ2n) is 3.57. The summed E-state index contributed by atoms with van der Waals surface area (Å²) >= 11 is 0. The molecule has 0 fully saturated rings. The third kappa shape index (κ3) is 2.73. The molecular weight excluding hydrogens is 180 g/mol. The Bertz CT molecular complexity index is 279. The Hall–Kier alpha value is -1.03. The average Bonchev–Trinajstić information content (AvgIpc) is 2.61. The van der Waals surface area contributed by atoms with E-state index in [1.165, 1.54) is 0 Å². The van der Waals surface area contributed by atoms with Crippen LogP contribution in [0.2, 0.25) is 0 Å². The number of hydrogen-bond donors (Lipinski definition) is 1. The molecular formula is C10H18N2O2. The van der Waals surface area contributed by atoms with E-state index in [1.54, 1.807) is 17.1 Å². The molecule has 0 aromatic carbocycles. The number of rotatable bonds is 5. The summed E-state index contributed by atoms with van der Waals surface area (Å²) in [5.74, 6) is 0.702. The Kier molecular flexibility index (Phi) is 3.52. The van der Waals surface area contributed by atoms with Gasteiger partial charge in [0.1, 0.15) is 6.61 Å². The van der Waals surface area contributed by atoms with Gasteiger partial charge in [-0.3, -0.25) is 4.68 Å². The zero-order chi connectivity index (χ0) is 10.6. The van der Waals surface area contributed by atoms with E-state index >= 15 is 0 Å². The summed E-state index contributed by atoms with van der Waals surface area (Å²) in [4.78, 5) is 0. The van der Waals surface area contributed by atoms with E-state index in [2.05, 4.69) is 5.10 Å². The normalized spacial score (nSPS) is 11.7. The molecule has 1 aromatic rings. The molecule has 0 aliphatic heterocycles. The van der Waals surface area contributed by atoms with Crippen LogP contribution in [0.4, 0.5) is 0 Å². The van der Waals surface area contributed by atoms with Gasteiger partial charge in [-0.05, 0) is 12.8 Å². The molecule has 0 aliphatic carbocycles. The zero-order valence-corrected chi connectivity index (χ0v) is 9.03. The predicted molar refractivity (Wildman–Crippen MR) is 54.2 cm³/mol. The van der Waals surface area contributed by atoms with Gasteiger partial charge in [-0.25, -0.2) is 0 Å². The van der Waals surface area contributed by atoms with E-state index in [-0.39, 0.29) is 0 Å². The van der Waals surface area contributed by atoms with Gasteiger partial charge >= 0.3 is 0 Å². The molecule has 0 amide bonds. The van der Waals surface area contributed by atoms with Crippen LogP contribution in [0.3, 0.4) is 0 Å². The number of aromatic nitrogens is 2. The van der Waals surface area contributed by atoms with Crippen LogP contribution in [0.1, 0.15) is 26.7 Å². The van der Waals surface area contributed by atoms with E-state index in [0.717, 1.165) is 0 Å². The van der Waals surface area contributed by atoms with E-state index < -0.39 is 5.60 Å². The third-order valence-electron chi connectivity index (χ3n) is 2.50. The molecule has 0 aliphatic rings. The van der Waals surface area contributed by atoms with E-state index in [1.807, 2.05) is 20.9 Å². The van der Waals surface area contributed by atoms with E-state index in [4.69, 9.17) is 4.74 Å². The van der Waals surface area contributed by atoms with Gasteiger partial charge in [0.2, 0.25) is 0 Å². The largest absolute Gasteiger partial charge is 0.487 e. The highest BCUT2D eigenvalue weighted by atomic mass is 16.5. The number of hydrogen-bond acceptors (Lipinski definition) is 3. The Morgan fingerprint density at radius 1 is 1.50 bits per heavy atom. The third-order valence-corrected chi connectivity index (χ3v) is 2.50. The van der Waals surface area contributed by atoms with Crippen molar-refractivity contribution in [1.82, 2.24) is 9.78 Å². The first-order valence-corrected chi connectivity index (χ1v) is 4.93. The van der Waals surface area contributed by atoms with Gasteiger partial charge in [-0.2, -0.15) is 5.10 Å². The monoisotopic (exact) mass is 198 g/mol. The number of nitrogens with zero attached hydrogens (tertiary/aromatic N) is 2. The highest BCUT2D eigenvalue weighted by Gasteiger charge is 2.23. The van der Waals surface area contributed by atoms with Crippen molar-refractivity contribution in [2.45, 2.75) is 32.3 Å². The fourth-order valence-corrected chi connectivity index (χ4v) is 1.15. The molecule has 1 heterocycles. The lowest BCUT2D eigenvalue weighted by Crippen LogP contribution is -2.34. The Morgan fingerprint density at radius 2 is 2.14 bits per heavy atom. The summed E-state index contributed by atoms with van der Waals surface area (Å²) in [6, 6.07) is 0. The number of ether oxygens (including phenoxy) is 1. The van der Waals surface area contributed by atoms with Crippen molar-refractivity contribution in [3.8, 4) is 5.75 Å². The molecule has 0 atom stereocenters. The van der Waals surface area contributed by atoms with Crippen LogP contribution in [-0.4, -0.2) is 27.1 Å². The van der Waals surface area contributed by atoms with E-state index in [0.29, 0.717) is 25.2 Å². The minimum absolute atomic E-state index is 0.325. The van der Waals surface area contributed by atoms with Crippen LogP contribution in [0.5, 0.6) is 5.75 Å². The molecule has 0 unspecified atom stereocenters. The molecule has 1 aromatic heterocycles. The average molecular weight is 198 g/mol. The van der Waals surface area contributed by atoms with Gasteiger partial charge in [-0.15, -0.1) is 0 Å². The van der Waals surface area contributed by atoms with Crippen LogP contribution in [0.15, 0.2) is 12.4 Å². The Balaban J connectivity index is 2.47. The molecule has 0 bridgehead atoms. The Morgan fingerprint density at radius 3 is 2.57 bits per heavy atom. The summed E-state index contributed by atoms with van der Waals surface area (Å²) in [6.07, 6.45) is 4.82. The molecule has 0 spiro atoms. The lowest BCUT2D eigenvalue weighted by Gasteiger charge is -2.24. The summed E-state index contributed by atoms with van der Waals surface area (Å²) in [5.41, 5.74) is -0.712. The van der Waals surface area contributed by atoms with Crippen molar-refractivity contribution in [2.24, 2.45) is 7.05 Å². The maximum Gasteiger partial charge on any atom is 0.157 e. The zero-order valence-electron chi connectivity index (χ0n) is 9.03. The Labute approximate surface area is 84.5 Å². The van der Waals surface area contributed by atoms with Crippen LogP contribution < -0.4 is 4.74 Å². The predicted octanol–water partition coefficient (Wildman–Crippen LogP) is 1.35. The second kappa shape index (κ2) is 4.46. The first kappa shape index (κ1) is 11.0. The number of aliphatic hydroxyl groups is 1. The summed E-state index contributed by atoms with van der Waals surface area (Å²) < 4.78 is 7.11. The minimum Gasteiger partial charge on any atom is -0.487 e. The molecule has 0 saturated heterocycles. The molecule has 4 nitrogen and oxygen atoms in total. The molecule has 1 N–H and O–H groups in total. The maximum absolute atomic E-state index is 9.94. The van der Waals surface area contributed by atoms with Gasteiger partial charge in [0.05, 0.1) is 18.0 Å². The summed E-state index contributed by atoms with van der Waals surface area (Å²) in [6.45, 7) is 4.23. The van der Waals surface area contributed by atoms with Gasteiger partial charge < -0.3 is 9.84 Å². The second-order valence-corrected chi connectivity index (χ2v) is 3.57. The molecule has 80 valence electrons. The molecule has 14 heavy (non-hydrogen) atoms. The number of aryl methyl sites for hydroxylation is 1. The summed E-state index contributed by atoms with van der Waals surface area (Å²) in [7, 11) is 1.83. The van der Waals surface area contributed by atoms with Crippen molar-refractivity contribution in [1.29, 1.82) is 0 Å². The molecule has 0 saturated carbocycles. The van der Waals surface area contributed by atoms with Crippen LogP contribution in [0, 0.1) is 0 Å². The van der Waals surface area contributed by atoms with Gasteiger partial charge in [0.15, 0.2) is 5.75 Å². The van der Waals surface area contributed by atoms with Crippen LogP contribution in [0.25, 0.3) is 0 Å². The maximum atomic E-state index is 9.94. The fourth-order valence-electron chi connectivity index (χ4n) is 1.15. The van der Waals surface area contributed by atoms with Gasteiger partial charge in [0.25, 0.3) is 0 Å². The highest BCUT2D eigenvalue weighted by Crippen LogP contribution is 2.17. The smallest absolute Gasteiger partial charge is 0.157 e. The molecule has 0 radical (unpaired) electrons. The highest BCUT2D eigenvalue weighted by molar-refractivity contribution is 5.11. The fraction of sp³-hybridized carbons (Fsp3) is 0.700. The topological polar surface area (TPSA) is 47.3 Å². The van der Waals surface area contributed by atoms with Gasteiger partial charge in [-0.1, -0.05) is 13.8 Å². The first-order chi connectivity index (χ1) is 6.59. The van der Waals surface area contributed by atoms with E-state index in [9.17, 15) is 5.11 Å². The van der Waals surface area contributed by atoms with Crippen LogP contribution in [-0.2, 0) is 7.05 Å². The SMILES string of the molecule is CCC(O)(CC)COc1cnn(C)c1. The lowest BCUT2D eigenvalue weighted by molar-refractivity contribution is -0.0113. The summed E-state index contributed by atoms with van der Waals surface area (Å²) in [5, 5.41) is 13.9. The van der Waals surface area contributed by atoms with Crippen LogP contribution >= 0.6 is 0 Å². The van der Waals surface area contributed by atoms with Crippen molar-refractivity contribution in [3.05, 3.63) is 12.4 Å². The quantitative estimate of drug-likeness (QED) is 0.777. The lowest BCUT2D eigenvalue weighted by atomic mass is 9.99. The standard InChI is InChI=1S/C10H18N2O2/c1-4-10(13,5-2)8-14-9-6-11-12(3)7-9/h6-7,13H,4-5,8H2,1-3H3. The van der Waals surface area contributed by atoms with Crippen molar-refractivity contribution in [3.63, 3.8) is 0 Å². The van der Waals surface area contributed by atoms with Crippen molar-refractivity contribution < 1.29 is 9.84 Å². The van der Waals surface area contributed by atoms with Gasteiger partial charge in [0, 0.05) is 7.05 Å². The molecule has 1 rings (SSSR count). The van der Waals surface area contributed by atoms with Crippen molar-refractivity contribution in [2.75, 3.05) is 6.61 Å². The first-order valence-electron chi connectivity index (χ1n) is 4.93. The van der Waals surface area contributed by atoms with Crippen molar-refractivity contribution >= 4 is 0 Å².